The Labute approximate surface area is 258 Å². The van der Waals surface area contributed by atoms with Gasteiger partial charge >= 0.3 is 25.7 Å². The number of para-hydroxylation sites is 1. The average Bonchev–Trinajstić information content (AvgIpc) is 3.51. The molecule has 0 aliphatic carbocycles. The molecule has 17 heteroatoms. The molecule has 6 atom stereocenters. The van der Waals surface area contributed by atoms with Crippen LogP contribution in [0.15, 0.2) is 48.8 Å². The van der Waals surface area contributed by atoms with Gasteiger partial charge in [-0.2, -0.15) is 10.2 Å². The first kappa shape index (κ1) is 33.5. The minimum absolute atomic E-state index is 0.171. The van der Waals surface area contributed by atoms with E-state index in [1.807, 2.05) is 0 Å². The summed E-state index contributed by atoms with van der Waals surface area (Å²) >= 11 is 0. The standard InChI is InChI=1S/C28H34N5O11P/c1-16(27(37)39-6)32-45(38,44-20-10-8-7-9-11-20)40-14-28(5)25(42-19(4)36)24(41-18(3)35)23(43-28)21-12-13-22-26(31-17(2)34)29-15-30-33(21)22/h7-13,15-16,23-25H,14H2,1-6H3,(H,32,38)(H,29,30,31,34)/t16-,23-,24-,25-,28+,45?/m0/s1. The van der Waals surface area contributed by atoms with Gasteiger partial charge in [0.05, 0.1) is 19.4 Å². The minimum Gasteiger partial charge on any atom is -0.468 e. The van der Waals surface area contributed by atoms with Gasteiger partial charge in [0.1, 0.15) is 35.3 Å². The summed E-state index contributed by atoms with van der Waals surface area (Å²) in [5, 5.41) is 9.44. The number of ether oxygens (including phenoxy) is 4. The monoisotopic (exact) mass is 647 g/mol. The first-order chi connectivity index (χ1) is 21.2. The molecular formula is C28H34N5O11P. The van der Waals surface area contributed by atoms with E-state index in [4.69, 9.17) is 28.0 Å². The van der Waals surface area contributed by atoms with Crippen molar-refractivity contribution in [2.75, 3.05) is 19.0 Å². The molecule has 1 aliphatic rings. The van der Waals surface area contributed by atoms with Gasteiger partial charge in [0.2, 0.25) is 5.91 Å². The predicted molar refractivity (Wildman–Crippen MR) is 156 cm³/mol. The Balaban J connectivity index is 1.73. The van der Waals surface area contributed by atoms with E-state index in [1.165, 1.54) is 64.7 Å². The molecule has 1 aromatic carbocycles. The Morgan fingerprint density at radius 3 is 2.38 bits per heavy atom. The Hall–Kier alpha value is -4.37. The number of carbonyl (C=O) groups excluding carboxylic acids is 4. The number of aromatic nitrogens is 3. The van der Waals surface area contributed by atoms with Crippen molar-refractivity contribution in [3.8, 4) is 5.75 Å². The molecule has 0 spiro atoms. The van der Waals surface area contributed by atoms with Crippen LogP contribution in [0.4, 0.5) is 5.82 Å². The normalized spacial score (nSPS) is 23.0. The third-order valence-corrected chi connectivity index (χ3v) is 8.28. The molecular weight excluding hydrogens is 613 g/mol. The largest absolute Gasteiger partial charge is 0.468 e. The highest BCUT2D eigenvalue weighted by atomic mass is 31.2. The highest BCUT2D eigenvalue weighted by molar-refractivity contribution is 7.52. The minimum atomic E-state index is -4.35. The van der Waals surface area contributed by atoms with Crippen molar-refractivity contribution >= 4 is 42.9 Å². The lowest BCUT2D eigenvalue weighted by Gasteiger charge is -2.32. The number of nitrogens with zero attached hydrogens (tertiary/aromatic N) is 3. The maximum absolute atomic E-state index is 14.0. The lowest BCUT2D eigenvalue weighted by atomic mass is 9.96. The van der Waals surface area contributed by atoms with E-state index in [1.54, 1.807) is 30.3 Å². The van der Waals surface area contributed by atoms with Gasteiger partial charge in [0, 0.05) is 20.8 Å². The number of benzene rings is 1. The number of carbonyl (C=O) groups is 4. The second-order valence-corrected chi connectivity index (χ2v) is 12.0. The number of amides is 1. The van der Waals surface area contributed by atoms with Crippen molar-refractivity contribution in [3.05, 3.63) is 54.5 Å². The molecule has 0 bridgehead atoms. The third kappa shape index (κ3) is 7.84. The van der Waals surface area contributed by atoms with Gasteiger partial charge in [0.15, 0.2) is 18.0 Å². The van der Waals surface area contributed by atoms with Gasteiger partial charge in [-0.05, 0) is 38.1 Å². The van der Waals surface area contributed by atoms with E-state index in [9.17, 15) is 23.7 Å². The fourth-order valence-electron chi connectivity index (χ4n) is 4.78. The highest BCUT2D eigenvalue weighted by Gasteiger charge is 2.58. The van der Waals surface area contributed by atoms with Crippen LogP contribution in [0.2, 0.25) is 0 Å². The lowest BCUT2D eigenvalue weighted by Crippen LogP contribution is -2.48. The van der Waals surface area contributed by atoms with Crippen LogP contribution in [0.1, 0.15) is 46.4 Å². The summed E-state index contributed by atoms with van der Waals surface area (Å²) < 4.78 is 49.4. The zero-order valence-electron chi connectivity index (χ0n) is 25.4. The molecule has 16 nitrogen and oxygen atoms in total. The van der Waals surface area contributed by atoms with Crippen molar-refractivity contribution < 1.29 is 51.7 Å². The van der Waals surface area contributed by atoms with Crippen molar-refractivity contribution in [1.82, 2.24) is 19.7 Å². The molecule has 0 saturated carbocycles. The van der Waals surface area contributed by atoms with Crippen molar-refractivity contribution in [2.45, 2.75) is 64.6 Å². The SMILES string of the molecule is COC(=O)[C@H](C)NP(=O)(OC[C@@]1(C)O[C@@H](c2ccc3c(NC(C)=O)ncnn23)[C@H](OC(C)=O)[C@@H]1OC(C)=O)Oc1ccccc1. The van der Waals surface area contributed by atoms with Crippen molar-refractivity contribution in [3.63, 3.8) is 0 Å². The molecule has 242 valence electrons. The summed E-state index contributed by atoms with van der Waals surface area (Å²) in [4.78, 5) is 52.6. The fraction of sp³-hybridized carbons (Fsp3) is 0.429. The Morgan fingerprint density at radius 1 is 1.07 bits per heavy atom. The Bertz CT molecular complexity index is 1620. The van der Waals surface area contributed by atoms with Crippen molar-refractivity contribution in [1.29, 1.82) is 0 Å². The maximum Gasteiger partial charge on any atom is 0.459 e. The van der Waals surface area contributed by atoms with E-state index in [2.05, 4.69) is 20.5 Å². The molecule has 1 fully saturated rings. The molecule has 45 heavy (non-hydrogen) atoms. The maximum atomic E-state index is 14.0. The average molecular weight is 648 g/mol. The molecule has 3 aromatic rings. The molecule has 1 unspecified atom stereocenters. The van der Waals surface area contributed by atoms with Gasteiger partial charge in [-0.1, -0.05) is 18.2 Å². The summed E-state index contributed by atoms with van der Waals surface area (Å²) in [6, 6.07) is 10.2. The number of methoxy groups -OCH3 is 1. The summed E-state index contributed by atoms with van der Waals surface area (Å²) in [6.07, 6.45) is -2.40. The van der Waals surface area contributed by atoms with Crippen LogP contribution in [0, 0.1) is 0 Å². The lowest BCUT2D eigenvalue weighted by molar-refractivity contribution is -0.169. The number of esters is 3. The smallest absolute Gasteiger partial charge is 0.459 e. The molecule has 2 aromatic heterocycles. The summed E-state index contributed by atoms with van der Waals surface area (Å²) in [5.74, 6) is -2.11. The van der Waals surface area contributed by atoms with E-state index < -0.39 is 62.2 Å². The molecule has 1 amide bonds. The zero-order chi connectivity index (χ0) is 32.9. The summed E-state index contributed by atoms with van der Waals surface area (Å²) in [6.45, 7) is 6.06. The van der Waals surface area contributed by atoms with Crippen molar-refractivity contribution in [2.24, 2.45) is 0 Å². The van der Waals surface area contributed by atoms with Crippen LogP contribution < -0.4 is 14.9 Å². The van der Waals surface area contributed by atoms with Gasteiger partial charge in [-0.15, -0.1) is 0 Å². The topological polar surface area (TPSA) is 195 Å². The quantitative estimate of drug-likeness (QED) is 0.165. The van der Waals surface area contributed by atoms with Crippen LogP contribution >= 0.6 is 7.75 Å². The van der Waals surface area contributed by atoms with E-state index in [0.29, 0.717) is 11.2 Å². The van der Waals surface area contributed by atoms with Gasteiger partial charge < -0.3 is 28.8 Å². The predicted octanol–water partition coefficient (Wildman–Crippen LogP) is 2.74. The fourth-order valence-corrected chi connectivity index (χ4v) is 6.37. The van der Waals surface area contributed by atoms with Crippen LogP contribution in [-0.4, -0.2) is 76.0 Å². The number of rotatable bonds is 12. The van der Waals surface area contributed by atoms with Gasteiger partial charge in [0.25, 0.3) is 0 Å². The number of fused-ring (bicyclic) bond motifs is 1. The third-order valence-electron chi connectivity index (χ3n) is 6.65. The van der Waals surface area contributed by atoms with E-state index in [0.717, 1.165) is 0 Å². The van der Waals surface area contributed by atoms with E-state index in [-0.39, 0.29) is 17.5 Å². The number of nitrogens with one attached hydrogen (secondary N) is 2. The second-order valence-electron chi connectivity index (χ2n) is 10.3. The highest BCUT2D eigenvalue weighted by Crippen LogP contribution is 2.49. The molecule has 2 N–H and O–H groups in total. The number of hydrogen-bond donors (Lipinski definition) is 2. The van der Waals surface area contributed by atoms with Crippen LogP contribution in [0.25, 0.3) is 5.52 Å². The summed E-state index contributed by atoms with van der Waals surface area (Å²) in [5.41, 5.74) is -0.851. The second kappa shape index (κ2) is 13.7. The Kier molecular flexibility index (Phi) is 10.2. The first-order valence-corrected chi connectivity index (χ1v) is 15.3. The van der Waals surface area contributed by atoms with Crippen LogP contribution in [0.5, 0.6) is 5.75 Å². The van der Waals surface area contributed by atoms with Gasteiger partial charge in [-0.3, -0.25) is 23.7 Å². The molecule has 1 saturated heterocycles. The van der Waals surface area contributed by atoms with Crippen LogP contribution in [-0.2, 0) is 47.2 Å². The molecule has 1 aliphatic heterocycles. The molecule has 0 radical (unpaired) electrons. The number of hydrogen-bond acceptors (Lipinski definition) is 13. The Morgan fingerprint density at radius 2 is 1.76 bits per heavy atom. The molecule has 4 rings (SSSR count). The molecule has 3 heterocycles. The first-order valence-electron chi connectivity index (χ1n) is 13.7. The van der Waals surface area contributed by atoms with E-state index >= 15 is 0 Å². The zero-order valence-corrected chi connectivity index (χ0v) is 26.3. The number of anilines is 1. The van der Waals surface area contributed by atoms with Crippen LogP contribution in [0.3, 0.4) is 0 Å². The van der Waals surface area contributed by atoms with Gasteiger partial charge in [-0.25, -0.2) is 14.1 Å². The summed E-state index contributed by atoms with van der Waals surface area (Å²) in [7, 11) is -3.18.